The van der Waals surface area contributed by atoms with Crippen molar-refractivity contribution in [1.82, 2.24) is 10.3 Å². The molecule has 0 aliphatic heterocycles. The fourth-order valence-electron chi connectivity index (χ4n) is 3.41. The van der Waals surface area contributed by atoms with Crippen LogP contribution in [0.3, 0.4) is 0 Å². The van der Waals surface area contributed by atoms with Crippen molar-refractivity contribution < 1.29 is 0 Å². The van der Waals surface area contributed by atoms with Crippen LogP contribution in [0.15, 0.2) is 36.7 Å². The van der Waals surface area contributed by atoms with Crippen molar-refractivity contribution in [3.63, 3.8) is 0 Å². The highest BCUT2D eigenvalue weighted by atomic mass is 14.9. The van der Waals surface area contributed by atoms with Gasteiger partial charge in [0.1, 0.15) is 0 Å². The number of hydrogen-bond donors (Lipinski definition) is 1. The van der Waals surface area contributed by atoms with E-state index in [1.807, 2.05) is 12.4 Å². The van der Waals surface area contributed by atoms with Crippen LogP contribution in [0.1, 0.15) is 38.2 Å². The lowest BCUT2D eigenvalue weighted by molar-refractivity contribution is 0.248. The molecule has 1 aromatic carbocycles. The van der Waals surface area contributed by atoms with Gasteiger partial charge >= 0.3 is 0 Å². The number of hydrogen-bond acceptors (Lipinski definition) is 2. The van der Waals surface area contributed by atoms with Crippen LogP contribution in [0.25, 0.3) is 10.8 Å². The van der Waals surface area contributed by atoms with E-state index >= 15 is 0 Å². The Labute approximate surface area is 121 Å². The molecule has 1 aromatic heterocycles. The fraction of sp³-hybridized carbons (Fsp3) is 0.500. The maximum Gasteiger partial charge on any atom is 0.0346 e. The van der Waals surface area contributed by atoms with Crippen molar-refractivity contribution in [2.75, 3.05) is 6.54 Å². The Morgan fingerprint density at radius 1 is 1.15 bits per heavy atom. The Hall–Kier alpha value is -1.41. The molecule has 1 N–H and O–H groups in total. The van der Waals surface area contributed by atoms with Gasteiger partial charge in [-0.25, -0.2) is 0 Å². The summed E-state index contributed by atoms with van der Waals surface area (Å²) in [5, 5.41) is 6.21. The molecule has 0 bridgehead atoms. The Bertz CT molecular complexity index is 559. The summed E-state index contributed by atoms with van der Waals surface area (Å²) in [6.45, 7) is 4.48. The third-order valence-electron chi connectivity index (χ3n) is 4.76. The summed E-state index contributed by atoms with van der Waals surface area (Å²) in [5.74, 6) is 1.73. The summed E-state index contributed by atoms with van der Waals surface area (Å²) in [6, 6.07) is 8.51. The van der Waals surface area contributed by atoms with E-state index in [9.17, 15) is 0 Å². The largest absolute Gasteiger partial charge is 0.312 e. The number of fused-ring (bicyclic) bond motifs is 1. The van der Waals surface area contributed by atoms with Gasteiger partial charge in [0.15, 0.2) is 0 Å². The molecule has 0 radical (unpaired) electrons. The normalized spacial score (nSPS) is 23.1. The molecule has 3 rings (SSSR count). The summed E-state index contributed by atoms with van der Waals surface area (Å²) in [7, 11) is 0. The van der Waals surface area contributed by atoms with Crippen molar-refractivity contribution >= 4 is 10.8 Å². The maximum atomic E-state index is 4.35. The average molecular weight is 268 g/mol. The highest BCUT2D eigenvalue weighted by Gasteiger charge is 2.20. The molecular formula is C18H24N2. The van der Waals surface area contributed by atoms with Gasteiger partial charge in [-0.2, -0.15) is 0 Å². The van der Waals surface area contributed by atoms with Gasteiger partial charge in [0.25, 0.3) is 0 Å². The summed E-state index contributed by atoms with van der Waals surface area (Å²) < 4.78 is 0. The minimum atomic E-state index is 0.853. The van der Waals surface area contributed by atoms with Gasteiger partial charge in [0.2, 0.25) is 0 Å². The van der Waals surface area contributed by atoms with E-state index < -0.39 is 0 Å². The van der Waals surface area contributed by atoms with E-state index in [4.69, 9.17) is 0 Å². The molecule has 1 aliphatic rings. The highest BCUT2D eigenvalue weighted by Crippen LogP contribution is 2.29. The van der Waals surface area contributed by atoms with Gasteiger partial charge in [0.05, 0.1) is 0 Å². The van der Waals surface area contributed by atoms with Gasteiger partial charge in [-0.05, 0) is 35.8 Å². The summed E-state index contributed by atoms with van der Waals surface area (Å²) in [5.41, 5.74) is 1.31. The SMILES string of the molecule is CC1CCCCC1CNCc1cncc2ccccc12. The average Bonchev–Trinajstić information content (AvgIpc) is 2.49. The number of nitrogens with one attached hydrogen (secondary N) is 1. The van der Waals surface area contributed by atoms with E-state index in [1.165, 1.54) is 42.0 Å². The van der Waals surface area contributed by atoms with Crippen LogP contribution in [0.4, 0.5) is 0 Å². The fourth-order valence-corrected chi connectivity index (χ4v) is 3.41. The summed E-state index contributed by atoms with van der Waals surface area (Å²) >= 11 is 0. The van der Waals surface area contributed by atoms with Crippen molar-refractivity contribution in [3.05, 3.63) is 42.2 Å². The Morgan fingerprint density at radius 3 is 2.90 bits per heavy atom. The van der Waals surface area contributed by atoms with Gasteiger partial charge in [-0.3, -0.25) is 4.98 Å². The van der Waals surface area contributed by atoms with Crippen LogP contribution in [0.5, 0.6) is 0 Å². The molecule has 0 amide bonds. The van der Waals surface area contributed by atoms with E-state index in [-0.39, 0.29) is 0 Å². The number of rotatable bonds is 4. The second kappa shape index (κ2) is 6.36. The predicted octanol–water partition coefficient (Wildman–Crippen LogP) is 4.15. The lowest BCUT2D eigenvalue weighted by Gasteiger charge is -2.29. The van der Waals surface area contributed by atoms with Gasteiger partial charge in [-0.1, -0.05) is 50.5 Å². The van der Waals surface area contributed by atoms with E-state index in [2.05, 4.69) is 41.5 Å². The Morgan fingerprint density at radius 2 is 2.00 bits per heavy atom. The lowest BCUT2D eigenvalue weighted by Crippen LogP contribution is -2.29. The van der Waals surface area contributed by atoms with E-state index in [0.29, 0.717) is 0 Å². The third kappa shape index (κ3) is 3.01. The topological polar surface area (TPSA) is 24.9 Å². The van der Waals surface area contributed by atoms with Crippen LogP contribution < -0.4 is 5.32 Å². The molecule has 1 aliphatic carbocycles. The predicted molar refractivity (Wildman–Crippen MR) is 84.6 cm³/mol. The number of nitrogens with zero attached hydrogens (tertiary/aromatic N) is 1. The molecule has 1 saturated carbocycles. The molecule has 2 aromatic rings. The standard InChI is InChI=1S/C18H24N2/c1-14-6-2-3-7-15(14)10-19-12-17-13-20-11-16-8-4-5-9-18(16)17/h4-5,8-9,11,13-15,19H,2-3,6-7,10,12H2,1H3. The zero-order valence-electron chi connectivity index (χ0n) is 12.3. The number of benzene rings is 1. The molecule has 106 valence electrons. The lowest BCUT2D eigenvalue weighted by atomic mass is 9.80. The molecule has 0 saturated heterocycles. The monoisotopic (exact) mass is 268 g/mol. The first-order chi connectivity index (χ1) is 9.84. The van der Waals surface area contributed by atoms with Crippen LogP contribution in [0, 0.1) is 11.8 Å². The Balaban J connectivity index is 1.62. The minimum absolute atomic E-state index is 0.853. The molecule has 1 heterocycles. The van der Waals surface area contributed by atoms with Crippen molar-refractivity contribution in [3.8, 4) is 0 Å². The maximum absolute atomic E-state index is 4.35. The molecule has 2 nitrogen and oxygen atoms in total. The second-order valence-electron chi connectivity index (χ2n) is 6.17. The molecule has 2 atom stereocenters. The van der Waals surface area contributed by atoms with Crippen molar-refractivity contribution in [1.29, 1.82) is 0 Å². The molecule has 2 heteroatoms. The first-order valence-corrected chi connectivity index (χ1v) is 7.87. The molecular weight excluding hydrogens is 244 g/mol. The van der Waals surface area contributed by atoms with Crippen LogP contribution in [-0.2, 0) is 6.54 Å². The zero-order chi connectivity index (χ0) is 13.8. The van der Waals surface area contributed by atoms with E-state index in [1.54, 1.807) is 0 Å². The zero-order valence-corrected chi connectivity index (χ0v) is 12.3. The quantitative estimate of drug-likeness (QED) is 0.901. The minimum Gasteiger partial charge on any atom is -0.312 e. The Kier molecular flexibility index (Phi) is 4.31. The van der Waals surface area contributed by atoms with Crippen molar-refractivity contribution in [2.45, 2.75) is 39.2 Å². The molecule has 2 unspecified atom stereocenters. The molecule has 1 fully saturated rings. The first kappa shape index (κ1) is 13.6. The first-order valence-electron chi connectivity index (χ1n) is 7.87. The molecule has 20 heavy (non-hydrogen) atoms. The van der Waals surface area contributed by atoms with Crippen LogP contribution >= 0.6 is 0 Å². The second-order valence-corrected chi connectivity index (χ2v) is 6.17. The van der Waals surface area contributed by atoms with Crippen molar-refractivity contribution in [2.24, 2.45) is 11.8 Å². The van der Waals surface area contributed by atoms with Crippen LogP contribution in [0.2, 0.25) is 0 Å². The van der Waals surface area contributed by atoms with Gasteiger partial charge in [-0.15, -0.1) is 0 Å². The highest BCUT2D eigenvalue weighted by molar-refractivity contribution is 5.84. The smallest absolute Gasteiger partial charge is 0.0346 e. The van der Waals surface area contributed by atoms with Crippen LogP contribution in [-0.4, -0.2) is 11.5 Å². The summed E-state index contributed by atoms with van der Waals surface area (Å²) in [4.78, 5) is 4.35. The molecule has 0 spiro atoms. The summed E-state index contributed by atoms with van der Waals surface area (Å²) in [6.07, 6.45) is 9.57. The van der Waals surface area contributed by atoms with Gasteiger partial charge in [0, 0.05) is 24.3 Å². The number of pyridine rings is 1. The number of aromatic nitrogens is 1. The van der Waals surface area contributed by atoms with Gasteiger partial charge < -0.3 is 5.32 Å². The third-order valence-corrected chi connectivity index (χ3v) is 4.76. The van der Waals surface area contributed by atoms with E-state index in [0.717, 1.165) is 24.9 Å².